The van der Waals surface area contributed by atoms with Gasteiger partial charge in [0.2, 0.25) is 11.8 Å². The normalized spacial score (nSPS) is 12.7. The summed E-state index contributed by atoms with van der Waals surface area (Å²) in [6, 6.07) is 25.8. The van der Waals surface area contributed by atoms with Crippen LogP contribution < -0.4 is 9.62 Å². The minimum Gasteiger partial charge on any atom is -0.352 e. The van der Waals surface area contributed by atoms with E-state index in [1.165, 1.54) is 17.0 Å². The minimum absolute atomic E-state index is 0.0206. The van der Waals surface area contributed by atoms with E-state index in [-0.39, 0.29) is 35.5 Å². The molecule has 1 N–H and O–H groups in total. The highest BCUT2D eigenvalue weighted by atomic mass is 35.5. The highest BCUT2D eigenvalue weighted by Gasteiger charge is 2.35. The maximum atomic E-state index is 14.5. The topological polar surface area (TPSA) is 86.8 Å². The molecule has 2 amide bonds. The summed E-state index contributed by atoms with van der Waals surface area (Å²) in [6.45, 7) is 5.09. The number of halogens is 3. The van der Waals surface area contributed by atoms with E-state index >= 15 is 0 Å². The zero-order valence-electron chi connectivity index (χ0n) is 25.8. The second-order valence-corrected chi connectivity index (χ2v) is 14.2. The highest BCUT2D eigenvalue weighted by Crippen LogP contribution is 2.28. The van der Waals surface area contributed by atoms with E-state index in [1.807, 2.05) is 51.1 Å². The van der Waals surface area contributed by atoms with E-state index in [9.17, 15) is 18.0 Å². The van der Waals surface area contributed by atoms with E-state index < -0.39 is 28.5 Å². The number of aryl methyl sites for hydroxylation is 1. The molecular formula is C35H36Cl3N3O4S. The van der Waals surface area contributed by atoms with Crippen LogP contribution in [0.25, 0.3) is 0 Å². The van der Waals surface area contributed by atoms with Crippen LogP contribution in [0.5, 0.6) is 0 Å². The summed E-state index contributed by atoms with van der Waals surface area (Å²) in [4.78, 5) is 29.9. The van der Waals surface area contributed by atoms with Crippen molar-refractivity contribution in [2.75, 3.05) is 10.8 Å². The van der Waals surface area contributed by atoms with Crippen LogP contribution in [0.15, 0.2) is 102 Å². The van der Waals surface area contributed by atoms with Gasteiger partial charge < -0.3 is 10.2 Å². The molecule has 7 nitrogen and oxygen atoms in total. The fourth-order valence-corrected chi connectivity index (χ4v) is 6.66. The minimum atomic E-state index is -4.22. The number of benzene rings is 4. The van der Waals surface area contributed by atoms with Gasteiger partial charge in [-0.15, -0.1) is 0 Å². The fraction of sp³-hybridized carbons (Fsp3) is 0.257. The second-order valence-electron chi connectivity index (χ2n) is 11.1. The zero-order valence-corrected chi connectivity index (χ0v) is 28.9. The molecule has 4 aromatic rings. The Morgan fingerprint density at radius 3 is 2.09 bits per heavy atom. The van der Waals surface area contributed by atoms with Crippen LogP contribution in [0.2, 0.25) is 15.1 Å². The van der Waals surface area contributed by atoms with Gasteiger partial charge in [-0.2, -0.15) is 0 Å². The number of rotatable bonds is 13. The van der Waals surface area contributed by atoms with E-state index in [0.717, 1.165) is 15.4 Å². The third-order valence-electron chi connectivity index (χ3n) is 7.61. The molecule has 4 aromatic carbocycles. The molecule has 242 valence electrons. The van der Waals surface area contributed by atoms with Crippen molar-refractivity contribution < 1.29 is 18.0 Å². The van der Waals surface area contributed by atoms with Crippen LogP contribution in [0, 0.1) is 6.92 Å². The van der Waals surface area contributed by atoms with Crippen molar-refractivity contribution >= 4 is 62.3 Å². The molecule has 2 atom stereocenters. The number of carbonyl (C=O) groups is 2. The summed E-state index contributed by atoms with van der Waals surface area (Å²) >= 11 is 18.7. The summed E-state index contributed by atoms with van der Waals surface area (Å²) in [7, 11) is -4.22. The summed E-state index contributed by atoms with van der Waals surface area (Å²) in [5, 5.41) is 4.06. The number of anilines is 1. The molecule has 0 saturated carbocycles. The smallest absolute Gasteiger partial charge is 0.264 e. The Morgan fingerprint density at radius 2 is 1.48 bits per heavy atom. The van der Waals surface area contributed by atoms with E-state index in [2.05, 4.69) is 5.32 Å². The maximum Gasteiger partial charge on any atom is 0.264 e. The van der Waals surface area contributed by atoms with Crippen LogP contribution >= 0.6 is 34.8 Å². The molecule has 0 aliphatic rings. The van der Waals surface area contributed by atoms with Gasteiger partial charge in [0.15, 0.2) is 0 Å². The zero-order chi connectivity index (χ0) is 33.4. The molecule has 0 spiro atoms. The molecule has 0 aliphatic heterocycles. The molecule has 0 bridgehead atoms. The molecule has 0 heterocycles. The van der Waals surface area contributed by atoms with Crippen molar-refractivity contribution in [2.24, 2.45) is 0 Å². The maximum absolute atomic E-state index is 14.5. The number of sulfonamides is 1. The van der Waals surface area contributed by atoms with Crippen LogP contribution in [0.1, 0.15) is 37.0 Å². The number of carbonyl (C=O) groups excluding carboxylic acids is 2. The quantitative estimate of drug-likeness (QED) is 0.155. The summed E-state index contributed by atoms with van der Waals surface area (Å²) in [5.41, 5.74) is 2.59. The first-order chi connectivity index (χ1) is 21.9. The van der Waals surface area contributed by atoms with Gasteiger partial charge >= 0.3 is 0 Å². The molecule has 0 unspecified atom stereocenters. The molecule has 4 rings (SSSR count). The molecule has 11 heteroatoms. The highest BCUT2D eigenvalue weighted by molar-refractivity contribution is 7.92. The molecule has 0 aliphatic carbocycles. The number of amides is 2. The predicted octanol–water partition coefficient (Wildman–Crippen LogP) is 7.71. The number of nitrogens with one attached hydrogen (secondary N) is 1. The molecule has 0 aromatic heterocycles. The van der Waals surface area contributed by atoms with Gasteiger partial charge in [0, 0.05) is 24.0 Å². The Bertz CT molecular complexity index is 1750. The van der Waals surface area contributed by atoms with Crippen molar-refractivity contribution in [3.63, 3.8) is 0 Å². The van der Waals surface area contributed by atoms with Crippen LogP contribution in [-0.4, -0.2) is 43.8 Å². The van der Waals surface area contributed by atoms with Crippen molar-refractivity contribution in [2.45, 2.75) is 57.1 Å². The number of hydrogen-bond acceptors (Lipinski definition) is 4. The third-order valence-corrected chi connectivity index (χ3v) is 10.4. The van der Waals surface area contributed by atoms with Crippen LogP contribution in [0.3, 0.4) is 0 Å². The first-order valence-electron chi connectivity index (χ1n) is 14.8. The Labute approximate surface area is 286 Å². The summed E-state index contributed by atoms with van der Waals surface area (Å²) < 4.78 is 29.3. The predicted molar refractivity (Wildman–Crippen MR) is 186 cm³/mol. The average Bonchev–Trinajstić information content (AvgIpc) is 3.04. The first kappa shape index (κ1) is 35.3. The lowest BCUT2D eigenvalue weighted by Gasteiger charge is -2.34. The van der Waals surface area contributed by atoms with Gasteiger partial charge in [0.25, 0.3) is 10.0 Å². The lowest BCUT2D eigenvalue weighted by molar-refractivity contribution is -0.140. The summed E-state index contributed by atoms with van der Waals surface area (Å²) in [5.74, 6) is -0.942. The molecule has 0 saturated heterocycles. The van der Waals surface area contributed by atoms with Gasteiger partial charge in [-0.25, -0.2) is 8.42 Å². The van der Waals surface area contributed by atoms with Gasteiger partial charge in [-0.05, 0) is 79.9 Å². The van der Waals surface area contributed by atoms with Gasteiger partial charge in [0.1, 0.15) is 12.6 Å². The Hall–Kier alpha value is -3.56. The van der Waals surface area contributed by atoms with Crippen molar-refractivity contribution in [1.82, 2.24) is 10.2 Å². The van der Waals surface area contributed by atoms with Crippen molar-refractivity contribution in [3.05, 3.63) is 129 Å². The molecular weight excluding hydrogens is 665 g/mol. The van der Waals surface area contributed by atoms with Crippen LogP contribution in [0.4, 0.5) is 5.69 Å². The van der Waals surface area contributed by atoms with Crippen LogP contribution in [-0.2, 0) is 32.6 Å². The Kier molecular flexibility index (Phi) is 12.1. The van der Waals surface area contributed by atoms with Gasteiger partial charge in [-0.3, -0.25) is 13.9 Å². The van der Waals surface area contributed by atoms with E-state index in [1.54, 1.807) is 54.6 Å². The van der Waals surface area contributed by atoms with E-state index in [4.69, 9.17) is 34.8 Å². The van der Waals surface area contributed by atoms with Gasteiger partial charge in [0.05, 0.1) is 20.6 Å². The van der Waals surface area contributed by atoms with Crippen molar-refractivity contribution in [1.29, 1.82) is 0 Å². The largest absolute Gasteiger partial charge is 0.352 e. The SMILES string of the molecule is CC[C@@H](C)NC(=O)[C@@H](Cc1ccccc1)N(Cc1ccc(Cl)c(Cl)c1)C(=O)CN(c1ccc(Cl)cc1)S(=O)(=O)c1ccc(C)cc1. The summed E-state index contributed by atoms with van der Waals surface area (Å²) in [6.07, 6.45) is 0.880. The fourth-order valence-electron chi connectivity index (χ4n) is 4.80. The number of nitrogens with zero attached hydrogens (tertiary/aromatic N) is 2. The van der Waals surface area contributed by atoms with E-state index in [0.29, 0.717) is 27.1 Å². The number of hydrogen-bond donors (Lipinski definition) is 1. The first-order valence-corrected chi connectivity index (χ1v) is 17.4. The lowest BCUT2D eigenvalue weighted by atomic mass is 10.0. The molecule has 46 heavy (non-hydrogen) atoms. The standard InChI is InChI=1S/C35H36Cl3N3O4S/c1-4-25(3)39-35(43)33(21-26-8-6-5-7-9-26)40(22-27-12-19-31(37)32(38)20-27)34(42)23-41(29-15-13-28(36)14-16-29)46(44,45)30-17-10-24(2)11-18-30/h5-20,25,33H,4,21-23H2,1-3H3,(H,39,43)/t25-,33-/m1/s1. The van der Waals surface area contributed by atoms with Gasteiger partial charge in [-0.1, -0.05) is 95.8 Å². The lowest BCUT2D eigenvalue weighted by Crippen LogP contribution is -2.54. The Morgan fingerprint density at radius 1 is 0.826 bits per heavy atom. The molecule has 0 fully saturated rings. The molecule has 0 radical (unpaired) electrons. The third kappa shape index (κ3) is 9.04. The Balaban J connectivity index is 1.82. The van der Waals surface area contributed by atoms with Crippen molar-refractivity contribution in [3.8, 4) is 0 Å². The second kappa shape index (κ2) is 15.8. The average molecular weight is 701 g/mol. The monoisotopic (exact) mass is 699 g/mol.